The SMILES string of the molecule is CC[C@@](C)(NC(=O)Cn1c(=O)cnc2ccccc21)c1nc(C)cs1. The second-order valence-electron chi connectivity index (χ2n) is 6.20. The van der Waals surface area contributed by atoms with Crippen molar-refractivity contribution < 1.29 is 4.79 Å². The van der Waals surface area contributed by atoms with Crippen molar-refractivity contribution >= 4 is 28.3 Å². The lowest BCUT2D eigenvalue weighted by atomic mass is 10.00. The fourth-order valence-corrected chi connectivity index (χ4v) is 3.66. The molecule has 1 aromatic carbocycles. The zero-order valence-electron chi connectivity index (χ0n) is 14.4. The van der Waals surface area contributed by atoms with E-state index in [2.05, 4.69) is 15.3 Å². The number of aromatic nitrogens is 3. The molecule has 2 aromatic heterocycles. The van der Waals surface area contributed by atoms with Crippen LogP contribution in [0.5, 0.6) is 0 Å². The van der Waals surface area contributed by atoms with E-state index < -0.39 is 5.54 Å². The minimum Gasteiger partial charge on any atom is -0.343 e. The number of hydrogen-bond donors (Lipinski definition) is 1. The fraction of sp³-hybridized carbons (Fsp3) is 0.333. The zero-order valence-corrected chi connectivity index (χ0v) is 15.3. The van der Waals surface area contributed by atoms with Crippen LogP contribution >= 0.6 is 11.3 Å². The third-order valence-electron chi connectivity index (χ3n) is 4.27. The van der Waals surface area contributed by atoms with Gasteiger partial charge in [0.25, 0.3) is 5.56 Å². The maximum absolute atomic E-state index is 12.6. The number of fused-ring (bicyclic) bond motifs is 1. The van der Waals surface area contributed by atoms with E-state index in [1.807, 2.05) is 44.4 Å². The van der Waals surface area contributed by atoms with Crippen LogP contribution in [0, 0.1) is 6.92 Å². The summed E-state index contributed by atoms with van der Waals surface area (Å²) in [5, 5.41) is 5.88. The van der Waals surface area contributed by atoms with Gasteiger partial charge in [-0.25, -0.2) is 9.97 Å². The van der Waals surface area contributed by atoms with Gasteiger partial charge in [-0.3, -0.25) is 14.2 Å². The number of carbonyl (C=O) groups excluding carboxylic acids is 1. The van der Waals surface area contributed by atoms with Gasteiger partial charge in [-0.05, 0) is 32.4 Å². The van der Waals surface area contributed by atoms with Crippen molar-refractivity contribution in [2.45, 2.75) is 39.3 Å². The molecule has 0 spiro atoms. The molecule has 0 aliphatic heterocycles. The summed E-state index contributed by atoms with van der Waals surface area (Å²) >= 11 is 1.53. The number of nitrogens with one attached hydrogen (secondary N) is 1. The van der Waals surface area contributed by atoms with Crippen molar-refractivity contribution in [1.29, 1.82) is 0 Å². The molecule has 6 nitrogen and oxygen atoms in total. The van der Waals surface area contributed by atoms with Crippen LogP contribution in [0.3, 0.4) is 0 Å². The number of benzene rings is 1. The molecule has 2 heterocycles. The Balaban J connectivity index is 1.88. The summed E-state index contributed by atoms with van der Waals surface area (Å²) in [6.07, 6.45) is 1.95. The second kappa shape index (κ2) is 6.76. The van der Waals surface area contributed by atoms with Crippen molar-refractivity contribution in [1.82, 2.24) is 19.9 Å². The van der Waals surface area contributed by atoms with Gasteiger partial charge in [0.05, 0.1) is 22.8 Å². The molecule has 7 heteroatoms. The van der Waals surface area contributed by atoms with E-state index in [4.69, 9.17) is 0 Å². The van der Waals surface area contributed by atoms with Crippen molar-refractivity contribution in [3.8, 4) is 0 Å². The molecule has 3 rings (SSSR count). The van der Waals surface area contributed by atoms with Gasteiger partial charge < -0.3 is 5.32 Å². The molecule has 1 N–H and O–H groups in total. The Morgan fingerprint density at radius 3 is 2.80 bits per heavy atom. The quantitative estimate of drug-likeness (QED) is 0.762. The normalized spacial score (nSPS) is 13.6. The third-order valence-corrected chi connectivity index (χ3v) is 5.49. The van der Waals surface area contributed by atoms with Crippen LogP contribution in [0.1, 0.15) is 31.0 Å². The molecule has 0 fully saturated rings. The highest BCUT2D eigenvalue weighted by Crippen LogP contribution is 2.27. The highest BCUT2D eigenvalue weighted by molar-refractivity contribution is 7.09. The van der Waals surface area contributed by atoms with Crippen molar-refractivity contribution in [2.75, 3.05) is 0 Å². The summed E-state index contributed by atoms with van der Waals surface area (Å²) in [5.74, 6) is -0.226. The molecule has 0 aliphatic carbocycles. The topological polar surface area (TPSA) is 76.9 Å². The average Bonchev–Trinajstić information content (AvgIpc) is 3.04. The first-order chi connectivity index (χ1) is 11.9. The van der Waals surface area contributed by atoms with E-state index in [0.717, 1.165) is 10.7 Å². The monoisotopic (exact) mass is 356 g/mol. The Labute approximate surface area is 149 Å². The molecule has 1 amide bonds. The first-order valence-corrected chi connectivity index (χ1v) is 8.99. The Morgan fingerprint density at radius 1 is 1.36 bits per heavy atom. The number of nitrogens with zero attached hydrogens (tertiary/aromatic N) is 3. The van der Waals surface area contributed by atoms with Crippen LogP contribution in [0.4, 0.5) is 0 Å². The van der Waals surface area contributed by atoms with Gasteiger partial charge in [-0.1, -0.05) is 19.1 Å². The van der Waals surface area contributed by atoms with Crippen molar-refractivity contribution in [3.05, 3.63) is 56.9 Å². The summed E-state index contributed by atoms with van der Waals surface area (Å²) in [7, 11) is 0. The van der Waals surface area contributed by atoms with Gasteiger partial charge in [-0.2, -0.15) is 0 Å². The molecule has 0 radical (unpaired) electrons. The van der Waals surface area contributed by atoms with Gasteiger partial charge in [-0.15, -0.1) is 11.3 Å². The predicted octanol–water partition coefficient (Wildman–Crippen LogP) is 2.60. The van der Waals surface area contributed by atoms with Crippen LogP contribution in [-0.2, 0) is 16.9 Å². The van der Waals surface area contributed by atoms with Crippen LogP contribution in [0.2, 0.25) is 0 Å². The van der Waals surface area contributed by atoms with E-state index in [1.165, 1.54) is 22.1 Å². The van der Waals surface area contributed by atoms with Gasteiger partial charge in [0.15, 0.2) is 0 Å². The third kappa shape index (κ3) is 3.46. The molecule has 0 aliphatic rings. The first-order valence-electron chi connectivity index (χ1n) is 8.11. The molecule has 0 unspecified atom stereocenters. The number of para-hydroxylation sites is 2. The zero-order chi connectivity index (χ0) is 18.0. The summed E-state index contributed by atoms with van der Waals surface area (Å²) < 4.78 is 1.45. The number of amides is 1. The highest BCUT2D eigenvalue weighted by atomic mass is 32.1. The molecule has 130 valence electrons. The van der Waals surface area contributed by atoms with Gasteiger partial charge >= 0.3 is 0 Å². The van der Waals surface area contributed by atoms with Gasteiger partial charge in [0.1, 0.15) is 11.6 Å². The van der Waals surface area contributed by atoms with E-state index in [9.17, 15) is 9.59 Å². The summed E-state index contributed by atoms with van der Waals surface area (Å²) in [4.78, 5) is 33.5. The minimum absolute atomic E-state index is 0.0538. The Hall–Kier alpha value is -2.54. The molecule has 1 atom stereocenters. The van der Waals surface area contributed by atoms with E-state index in [1.54, 1.807) is 6.07 Å². The van der Waals surface area contributed by atoms with Crippen molar-refractivity contribution in [2.24, 2.45) is 0 Å². The van der Waals surface area contributed by atoms with E-state index >= 15 is 0 Å². The number of hydrogen-bond acceptors (Lipinski definition) is 5. The molecule has 3 aromatic rings. The van der Waals surface area contributed by atoms with Crippen LogP contribution in [0.15, 0.2) is 40.6 Å². The number of aryl methyl sites for hydroxylation is 1. The standard InChI is InChI=1S/C18H20N4O2S/c1-4-18(3,17-20-12(2)11-25-17)21-15(23)10-22-14-8-6-5-7-13(14)19-9-16(22)24/h5-9,11H,4,10H2,1-3H3,(H,21,23)/t18-/m1/s1. The Kier molecular flexibility index (Phi) is 4.67. The Morgan fingerprint density at radius 2 is 2.12 bits per heavy atom. The van der Waals surface area contributed by atoms with Crippen molar-refractivity contribution in [3.63, 3.8) is 0 Å². The maximum Gasteiger partial charge on any atom is 0.269 e. The number of thiazole rings is 1. The summed E-state index contributed by atoms with van der Waals surface area (Å²) in [6.45, 7) is 5.84. The summed E-state index contributed by atoms with van der Waals surface area (Å²) in [6, 6.07) is 7.29. The lowest BCUT2D eigenvalue weighted by Crippen LogP contribution is -2.45. The molecule has 0 saturated heterocycles. The Bertz CT molecular complexity index is 978. The van der Waals surface area contributed by atoms with Crippen LogP contribution < -0.4 is 10.9 Å². The van der Waals surface area contributed by atoms with Gasteiger partial charge in [0, 0.05) is 11.1 Å². The molecule has 0 saturated carbocycles. The largest absolute Gasteiger partial charge is 0.343 e. The second-order valence-corrected chi connectivity index (χ2v) is 7.06. The van der Waals surface area contributed by atoms with E-state index in [0.29, 0.717) is 17.5 Å². The average molecular weight is 356 g/mol. The highest BCUT2D eigenvalue weighted by Gasteiger charge is 2.29. The van der Waals surface area contributed by atoms with Crippen LogP contribution in [0.25, 0.3) is 11.0 Å². The number of carbonyl (C=O) groups is 1. The van der Waals surface area contributed by atoms with Crippen LogP contribution in [-0.4, -0.2) is 20.4 Å². The number of rotatable bonds is 5. The molecule has 25 heavy (non-hydrogen) atoms. The smallest absolute Gasteiger partial charge is 0.269 e. The lowest BCUT2D eigenvalue weighted by Gasteiger charge is -2.27. The van der Waals surface area contributed by atoms with Gasteiger partial charge in [0.2, 0.25) is 5.91 Å². The first kappa shape index (κ1) is 17.3. The maximum atomic E-state index is 12.6. The molecule has 0 bridgehead atoms. The molecular weight excluding hydrogens is 336 g/mol. The predicted molar refractivity (Wildman–Crippen MR) is 98.6 cm³/mol. The minimum atomic E-state index is -0.553. The summed E-state index contributed by atoms with van der Waals surface area (Å²) in [5.41, 5.74) is 1.42. The fourth-order valence-electron chi connectivity index (χ4n) is 2.67. The van der Waals surface area contributed by atoms with E-state index in [-0.39, 0.29) is 18.0 Å². The lowest BCUT2D eigenvalue weighted by molar-refractivity contribution is -0.123. The molecular formula is C18H20N4O2S.